The maximum absolute atomic E-state index is 12.1. The van der Waals surface area contributed by atoms with Crippen LogP contribution < -0.4 is 10.1 Å². The van der Waals surface area contributed by atoms with Gasteiger partial charge in [-0.15, -0.1) is 11.8 Å². The number of rotatable bonds is 7. The summed E-state index contributed by atoms with van der Waals surface area (Å²) in [4.78, 5) is 1.21. The van der Waals surface area contributed by atoms with Crippen LogP contribution in [-0.2, 0) is 6.54 Å². The summed E-state index contributed by atoms with van der Waals surface area (Å²) >= 11 is 1.78. The number of thioether (sulfide) groups is 1. The molecule has 2 aromatic carbocycles. The number of alkyl halides is 2. The summed E-state index contributed by atoms with van der Waals surface area (Å²) < 4.78 is 28.5. The Labute approximate surface area is 127 Å². The van der Waals surface area contributed by atoms with Crippen LogP contribution in [0.1, 0.15) is 12.5 Å². The van der Waals surface area contributed by atoms with Gasteiger partial charge in [0.15, 0.2) is 0 Å². The van der Waals surface area contributed by atoms with Crippen molar-refractivity contribution in [3.63, 3.8) is 0 Å². The molecule has 0 radical (unpaired) electrons. The van der Waals surface area contributed by atoms with Gasteiger partial charge in [-0.1, -0.05) is 31.2 Å². The predicted octanol–water partition coefficient (Wildman–Crippen LogP) is 5.01. The lowest BCUT2D eigenvalue weighted by molar-refractivity contribution is -0.0498. The molecule has 0 aliphatic carbocycles. The van der Waals surface area contributed by atoms with Gasteiger partial charge >= 0.3 is 6.61 Å². The molecule has 0 fully saturated rings. The molecule has 0 unspecified atom stereocenters. The third-order valence-corrected chi connectivity index (χ3v) is 3.77. The molecular weight excluding hydrogens is 292 g/mol. The number of benzene rings is 2. The van der Waals surface area contributed by atoms with Crippen LogP contribution in [-0.4, -0.2) is 12.4 Å². The van der Waals surface area contributed by atoms with E-state index in [0.29, 0.717) is 6.54 Å². The molecule has 0 saturated carbocycles. The highest BCUT2D eigenvalue weighted by Gasteiger charge is 2.04. The molecule has 2 aromatic rings. The van der Waals surface area contributed by atoms with E-state index in [1.165, 1.54) is 4.90 Å². The maximum Gasteiger partial charge on any atom is 0.387 e. The number of ether oxygens (including phenoxy) is 1. The molecule has 2 rings (SSSR count). The maximum atomic E-state index is 12.1. The number of halogens is 2. The molecule has 0 saturated heterocycles. The van der Waals surface area contributed by atoms with Crippen molar-refractivity contribution in [2.45, 2.75) is 25.0 Å². The average Bonchev–Trinajstić information content (AvgIpc) is 2.48. The van der Waals surface area contributed by atoms with Gasteiger partial charge in [-0.25, -0.2) is 0 Å². The minimum absolute atomic E-state index is 0.177. The van der Waals surface area contributed by atoms with Gasteiger partial charge in [0.05, 0.1) is 0 Å². The summed E-state index contributed by atoms with van der Waals surface area (Å²) in [5.74, 6) is 1.19. The van der Waals surface area contributed by atoms with Gasteiger partial charge in [0.1, 0.15) is 5.75 Å². The van der Waals surface area contributed by atoms with E-state index >= 15 is 0 Å². The van der Waals surface area contributed by atoms with Crippen LogP contribution in [0.2, 0.25) is 0 Å². The average molecular weight is 309 g/mol. The van der Waals surface area contributed by atoms with E-state index in [4.69, 9.17) is 0 Å². The second-order valence-corrected chi connectivity index (χ2v) is 5.61. The number of para-hydroxylation sites is 1. The number of anilines is 1. The smallest absolute Gasteiger partial charge is 0.387 e. The lowest BCUT2D eigenvalue weighted by atomic mass is 10.2. The number of nitrogens with one attached hydrogen (secondary N) is 1. The molecule has 112 valence electrons. The largest absolute Gasteiger partial charge is 0.435 e. The Kier molecular flexibility index (Phi) is 5.87. The summed E-state index contributed by atoms with van der Waals surface area (Å²) in [5, 5.41) is 3.36. The van der Waals surface area contributed by atoms with E-state index in [9.17, 15) is 8.78 Å². The van der Waals surface area contributed by atoms with E-state index in [-0.39, 0.29) is 5.75 Å². The molecule has 5 heteroatoms. The van der Waals surface area contributed by atoms with Crippen LogP contribution in [0.5, 0.6) is 5.75 Å². The SMILES string of the molecule is CCSc1ccccc1NCc1ccc(OC(F)F)cc1. The summed E-state index contributed by atoms with van der Waals surface area (Å²) in [7, 11) is 0. The second kappa shape index (κ2) is 7.88. The van der Waals surface area contributed by atoms with Crippen molar-refractivity contribution in [1.29, 1.82) is 0 Å². The van der Waals surface area contributed by atoms with Gasteiger partial charge in [-0.05, 0) is 35.6 Å². The van der Waals surface area contributed by atoms with Crippen molar-refractivity contribution in [3.05, 3.63) is 54.1 Å². The highest BCUT2D eigenvalue weighted by atomic mass is 32.2. The third kappa shape index (κ3) is 4.93. The van der Waals surface area contributed by atoms with E-state index < -0.39 is 6.61 Å². The molecule has 0 amide bonds. The summed E-state index contributed by atoms with van der Waals surface area (Å²) in [5.41, 5.74) is 2.09. The van der Waals surface area contributed by atoms with Crippen LogP contribution >= 0.6 is 11.8 Å². The zero-order valence-corrected chi connectivity index (χ0v) is 12.5. The molecule has 0 aromatic heterocycles. The zero-order chi connectivity index (χ0) is 15.1. The molecule has 0 spiro atoms. The van der Waals surface area contributed by atoms with Gasteiger partial charge in [-0.2, -0.15) is 8.78 Å². The molecule has 2 nitrogen and oxygen atoms in total. The standard InChI is InChI=1S/C16H17F2NOS/c1-2-21-15-6-4-3-5-14(15)19-11-12-7-9-13(10-8-12)20-16(17)18/h3-10,16,19H,2,11H2,1H3. The minimum atomic E-state index is -2.79. The number of hydrogen-bond acceptors (Lipinski definition) is 3. The van der Waals surface area contributed by atoms with Gasteiger partial charge in [0, 0.05) is 17.1 Å². The zero-order valence-electron chi connectivity index (χ0n) is 11.7. The molecule has 0 aliphatic heterocycles. The van der Waals surface area contributed by atoms with Crippen molar-refractivity contribution >= 4 is 17.4 Å². The number of hydrogen-bond donors (Lipinski definition) is 1. The van der Waals surface area contributed by atoms with E-state index in [1.807, 2.05) is 18.2 Å². The Morgan fingerprint density at radius 1 is 1.10 bits per heavy atom. The Morgan fingerprint density at radius 3 is 2.48 bits per heavy atom. The van der Waals surface area contributed by atoms with E-state index in [1.54, 1.807) is 36.0 Å². The Morgan fingerprint density at radius 2 is 1.81 bits per heavy atom. The first-order valence-electron chi connectivity index (χ1n) is 6.68. The first kappa shape index (κ1) is 15.6. The van der Waals surface area contributed by atoms with Crippen molar-refractivity contribution < 1.29 is 13.5 Å². The first-order valence-corrected chi connectivity index (χ1v) is 7.67. The normalized spacial score (nSPS) is 10.7. The van der Waals surface area contributed by atoms with Crippen molar-refractivity contribution in [3.8, 4) is 5.75 Å². The van der Waals surface area contributed by atoms with Crippen molar-refractivity contribution in [2.24, 2.45) is 0 Å². The highest BCUT2D eigenvalue weighted by molar-refractivity contribution is 7.99. The fraction of sp³-hybridized carbons (Fsp3) is 0.250. The molecule has 21 heavy (non-hydrogen) atoms. The Balaban J connectivity index is 1.96. The monoisotopic (exact) mass is 309 g/mol. The van der Waals surface area contributed by atoms with Crippen LogP contribution in [0.4, 0.5) is 14.5 Å². The highest BCUT2D eigenvalue weighted by Crippen LogP contribution is 2.27. The quantitative estimate of drug-likeness (QED) is 0.726. The van der Waals surface area contributed by atoms with Crippen LogP contribution in [0.25, 0.3) is 0 Å². The Hall–Kier alpha value is -1.75. The van der Waals surface area contributed by atoms with Crippen molar-refractivity contribution in [1.82, 2.24) is 0 Å². The molecule has 0 bridgehead atoms. The lowest BCUT2D eigenvalue weighted by Crippen LogP contribution is -2.03. The van der Waals surface area contributed by atoms with Crippen LogP contribution in [0.3, 0.4) is 0 Å². The topological polar surface area (TPSA) is 21.3 Å². The Bertz CT molecular complexity index is 560. The summed E-state index contributed by atoms with van der Waals surface area (Å²) in [6, 6.07) is 14.8. The van der Waals surface area contributed by atoms with Gasteiger partial charge in [0.25, 0.3) is 0 Å². The summed E-state index contributed by atoms with van der Waals surface area (Å²) in [6.07, 6.45) is 0. The molecule has 0 aliphatic rings. The molecule has 0 atom stereocenters. The molecule has 1 N–H and O–H groups in total. The predicted molar refractivity (Wildman–Crippen MR) is 83.2 cm³/mol. The first-order chi connectivity index (χ1) is 10.2. The second-order valence-electron chi connectivity index (χ2n) is 4.31. The molecule has 0 heterocycles. The van der Waals surface area contributed by atoms with Gasteiger partial charge in [0.2, 0.25) is 0 Å². The van der Waals surface area contributed by atoms with Crippen molar-refractivity contribution in [2.75, 3.05) is 11.1 Å². The van der Waals surface area contributed by atoms with E-state index in [0.717, 1.165) is 17.0 Å². The third-order valence-electron chi connectivity index (χ3n) is 2.82. The van der Waals surface area contributed by atoms with Crippen LogP contribution in [0, 0.1) is 0 Å². The lowest BCUT2D eigenvalue weighted by Gasteiger charge is -2.11. The van der Waals surface area contributed by atoms with Gasteiger partial charge < -0.3 is 10.1 Å². The fourth-order valence-electron chi connectivity index (χ4n) is 1.88. The van der Waals surface area contributed by atoms with Gasteiger partial charge in [-0.3, -0.25) is 0 Å². The van der Waals surface area contributed by atoms with E-state index in [2.05, 4.69) is 23.0 Å². The summed E-state index contributed by atoms with van der Waals surface area (Å²) in [6.45, 7) is -0.0358. The minimum Gasteiger partial charge on any atom is -0.435 e. The molecular formula is C16H17F2NOS. The van der Waals surface area contributed by atoms with Crippen LogP contribution in [0.15, 0.2) is 53.4 Å². The fourth-order valence-corrected chi connectivity index (χ4v) is 2.66.